The van der Waals surface area contributed by atoms with Crippen molar-refractivity contribution in [1.29, 1.82) is 0 Å². The first-order valence-corrected chi connectivity index (χ1v) is 10.1. The zero-order valence-electron chi connectivity index (χ0n) is 17.1. The van der Waals surface area contributed by atoms with Gasteiger partial charge in [-0.25, -0.2) is 14.4 Å². The van der Waals surface area contributed by atoms with Crippen LogP contribution >= 0.6 is 0 Å². The largest absolute Gasteiger partial charge is 0.357 e. The first-order chi connectivity index (χ1) is 14.5. The van der Waals surface area contributed by atoms with E-state index < -0.39 is 0 Å². The fourth-order valence-corrected chi connectivity index (χ4v) is 3.87. The summed E-state index contributed by atoms with van der Waals surface area (Å²) < 4.78 is 13.3. The van der Waals surface area contributed by atoms with Crippen LogP contribution in [0.5, 0.6) is 0 Å². The first-order valence-electron chi connectivity index (χ1n) is 10.1. The van der Waals surface area contributed by atoms with Crippen molar-refractivity contribution < 1.29 is 9.18 Å². The standard InChI is InChI=1S/C23H24FN5O/c1-15-10-18(16-5-7-20(24)8-6-16)11-21(28-15)17-4-3-9-29(14-17)22(30)19-12-26-23(25-2)27-13-19/h5-8,10-13,17H,3-4,9,14H2,1-2H3,(H,25,26,27)/t17-/m1/s1. The molecule has 154 valence electrons. The van der Waals surface area contributed by atoms with Crippen molar-refractivity contribution >= 4 is 11.9 Å². The summed E-state index contributed by atoms with van der Waals surface area (Å²) >= 11 is 0. The minimum absolute atomic E-state index is 0.0613. The van der Waals surface area contributed by atoms with Gasteiger partial charge < -0.3 is 10.2 Å². The molecule has 4 rings (SSSR count). The maximum Gasteiger partial charge on any atom is 0.257 e. The van der Waals surface area contributed by atoms with Crippen LogP contribution in [0, 0.1) is 12.7 Å². The Morgan fingerprint density at radius 1 is 1.13 bits per heavy atom. The number of likely N-dealkylation sites (tertiary alicyclic amines) is 1. The molecule has 1 aromatic carbocycles. The molecule has 2 aromatic heterocycles. The molecule has 1 atom stereocenters. The first kappa shape index (κ1) is 19.9. The maximum atomic E-state index is 13.3. The van der Waals surface area contributed by atoms with Gasteiger partial charge in [0.25, 0.3) is 5.91 Å². The normalized spacial score (nSPS) is 16.4. The molecule has 1 N–H and O–H groups in total. The number of hydrogen-bond donors (Lipinski definition) is 1. The molecule has 0 unspecified atom stereocenters. The highest BCUT2D eigenvalue weighted by molar-refractivity contribution is 5.93. The van der Waals surface area contributed by atoms with Crippen molar-refractivity contribution in [3.63, 3.8) is 0 Å². The molecule has 1 saturated heterocycles. The molecule has 1 aliphatic heterocycles. The monoisotopic (exact) mass is 405 g/mol. The minimum Gasteiger partial charge on any atom is -0.357 e. The Morgan fingerprint density at radius 3 is 2.57 bits per heavy atom. The summed E-state index contributed by atoms with van der Waals surface area (Å²) in [5, 5.41) is 2.85. The van der Waals surface area contributed by atoms with E-state index in [1.165, 1.54) is 12.1 Å². The lowest BCUT2D eigenvalue weighted by atomic mass is 9.92. The average molecular weight is 405 g/mol. The molecule has 7 heteroatoms. The third-order valence-electron chi connectivity index (χ3n) is 5.40. The van der Waals surface area contributed by atoms with Crippen LogP contribution in [-0.2, 0) is 0 Å². The second kappa shape index (κ2) is 8.57. The lowest BCUT2D eigenvalue weighted by molar-refractivity contribution is 0.0705. The number of pyridine rings is 1. The van der Waals surface area contributed by atoms with Crippen molar-refractivity contribution in [2.24, 2.45) is 0 Å². The molecule has 1 fully saturated rings. The molecule has 0 aliphatic carbocycles. The van der Waals surface area contributed by atoms with E-state index in [4.69, 9.17) is 4.98 Å². The molecule has 6 nitrogen and oxygen atoms in total. The lowest BCUT2D eigenvalue weighted by Crippen LogP contribution is -2.39. The van der Waals surface area contributed by atoms with Crippen LogP contribution in [0.4, 0.5) is 10.3 Å². The van der Waals surface area contributed by atoms with Gasteiger partial charge in [0.1, 0.15) is 5.82 Å². The SMILES string of the molecule is CNc1ncc(C(=O)N2CCC[C@@H](c3cc(-c4ccc(F)cc4)cc(C)n3)C2)cn1. The van der Waals surface area contributed by atoms with E-state index in [9.17, 15) is 9.18 Å². The summed E-state index contributed by atoms with van der Waals surface area (Å²) in [5.41, 5.74) is 4.32. The van der Waals surface area contributed by atoms with E-state index in [2.05, 4.69) is 21.4 Å². The summed E-state index contributed by atoms with van der Waals surface area (Å²) in [4.78, 5) is 27.8. The predicted molar refractivity (Wildman–Crippen MR) is 114 cm³/mol. The average Bonchev–Trinajstić information content (AvgIpc) is 2.79. The van der Waals surface area contributed by atoms with Crippen molar-refractivity contribution in [3.05, 3.63) is 71.6 Å². The van der Waals surface area contributed by atoms with Gasteiger partial charge in [-0.15, -0.1) is 0 Å². The Hall–Kier alpha value is -3.35. The quantitative estimate of drug-likeness (QED) is 0.709. The second-order valence-corrected chi connectivity index (χ2v) is 7.56. The Labute approximate surface area is 175 Å². The van der Waals surface area contributed by atoms with Gasteiger partial charge >= 0.3 is 0 Å². The van der Waals surface area contributed by atoms with Gasteiger partial charge in [-0.1, -0.05) is 12.1 Å². The highest BCUT2D eigenvalue weighted by Gasteiger charge is 2.27. The van der Waals surface area contributed by atoms with Crippen LogP contribution in [0.3, 0.4) is 0 Å². The Kier molecular flexibility index (Phi) is 5.70. The number of benzene rings is 1. The number of aromatic nitrogens is 3. The number of piperidine rings is 1. The van der Waals surface area contributed by atoms with Gasteiger partial charge in [0.2, 0.25) is 5.95 Å². The van der Waals surface area contributed by atoms with Crippen molar-refractivity contribution in [2.75, 3.05) is 25.5 Å². The molecular formula is C23H24FN5O. The number of rotatable bonds is 4. The molecular weight excluding hydrogens is 381 g/mol. The van der Waals surface area contributed by atoms with Crippen LogP contribution < -0.4 is 5.32 Å². The third-order valence-corrected chi connectivity index (χ3v) is 5.40. The lowest BCUT2D eigenvalue weighted by Gasteiger charge is -2.32. The Morgan fingerprint density at radius 2 is 1.87 bits per heavy atom. The van der Waals surface area contributed by atoms with Crippen LogP contribution in [0.15, 0.2) is 48.8 Å². The van der Waals surface area contributed by atoms with E-state index >= 15 is 0 Å². The predicted octanol–water partition coefficient (Wildman–Crippen LogP) is 4.05. The number of carbonyl (C=O) groups excluding carboxylic acids is 1. The molecule has 3 heterocycles. The van der Waals surface area contributed by atoms with E-state index in [1.807, 2.05) is 17.9 Å². The van der Waals surface area contributed by atoms with Crippen molar-refractivity contribution in [1.82, 2.24) is 19.9 Å². The van der Waals surface area contributed by atoms with Crippen LogP contribution in [-0.4, -0.2) is 45.9 Å². The number of carbonyl (C=O) groups is 1. The highest BCUT2D eigenvalue weighted by Crippen LogP contribution is 2.30. The topological polar surface area (TPSA) is 71.0 Å². The zero-order valence-corrected chi connectivity index (χ0v) is 17.1. The highest BCUT2D eigenvalue weighted by atomic mass is 19.1. The van der Waals surface area contributed by atoms with Crippen LogP contribution in [0.25, 0.3) is 11.1 Å². The fraction of sp³-hybridized carbons (Fsp3) is 0.304. The van der Waals surface area contributed by atoms with E-state index in [-0.39, 0.29) is 17.6 Å². The summed E-state index contributed by atoms with van der Waals surface area (Å²) in [7, 11) is 1.74. The summed E-state index contributed by atoms with van der Waals surface area (Å²) in [6, 6.07) is 10.5. The number of nitrogens with zero attached hydrogens (tertiary/aromatic N) is 4. The van der Waals surface area contributed by atoms with Gasteiger partial charge in [-0.2, -0.15) is 0 Å². The molecule has 30 heavy (non-hydrogen) atoms. The van der Waals surface area contributed by atoms with E-state index in [0.717, 1.165) is 35.4 Å². The molecule has 1 amide bonds. The molecule has 0 radical (unpaired) electrons. The van der Waals surface area contributed by atoms with Gasteiger partial charge in [0, 0.05) is 49.8 Å². The Bertz CT molecular complexity index is 1040. The van der Waals surface area contributed by atoms with Crippen molar-refractivity contribution in [2.45, 2.75) is 25.7 Å². The smallest absolute Gasteiger partial charge is 0.257 e. The molecule has 0 spiro atoms. The van der Waals surface area contributed by atoms with Crippen LogP contribution in [0.1, 0.15) is 40.5 Å². The number of amides is 1. The van der Waals surface area contributed by atoms with Gasteiger partial charge in [0.05, 0.1) is 5.56 Å². The molecule has 1 aliphatic rings. The molecule has 0 bridgehead atoms. The zero-order chi connectivity index (χ0) is 21.1. The van der Waals surface area contributed by atoms with Crippen molar-refractivity contribution in [3.8, 4) is 11.1 Å². The van der Waals surface area contributed by atoms with E-state index in [1.54, 1.807) is 31.6 Å². The van der Waals surface area contributed by atoms with Gasteiger partial charge in [-0.3, -0.25) is 9.78 Å². The molecule has 0 saturated carbocycles. The van der Waals surface area contributed by atoms with E-state index in [0.29, 0.717) is 24.6 Å². The number of nitrogens with one attached hydrogen (secondary N) is 1. The molecule has 3 aromatic rings. The van der Waals surface area contributed by atoms with Crippen LogP contribution in [0.2, 0.25) is 0 Å². The summed E-state index contributed by atoms with van der Waals surface area (Å²) in [5.74, 6) is 0.325. The maximum absolute atomic E-state index is 13.3. The number of anilines is 1. The fourth-order valence-electron chi connectivity index (χ4n) is 3.87. The Balaban J connectivity index is 1.55. The minimum atomic E-state index is -0.252. The number of hydrogen-bond acceptors (Lipinski definition) is 5. The number of aryl methyl sites for hydroxylation is 1. The third kappa shape index (κ3) is 4.30. The van der Waals surface area contributed by atoms with Gasteiger partial charge in [0.15, 0.2) is 0 Å². The second-order valence-electron chi connectivity index (χ2n) is 7.56. The van der Waals surface area contributed by atoms with Gasteiger partial charge in [-0.05, 0) is 55.2 Å². The summed E-state index contributed by atoms with van der Waals surface area (Å²) in [6.45, 7) is 3.27. The summed E-state index contributed by atoms with van der Waals surface area (Å²) in [6.07, 6.45) is 5.00. The number of halogens is 1.